The van der Waals surface area contributed by atoms with Crippen LogP contribution in [-0.2, 0) is 6.54 Å². The molecule has 110 valence electrons. The van der Waals surface area contributed by atoms with Gasteiger partial charge in [-0.2, -0.15) is 0 Å². The maximum Gasteiger partial charge on any atom is 0.194 e. The molecule has 1 saturated heterocycles. The van der Waals surface area contributed by atoms with E-state index in [1.54, 1.807) is 6.07 Å². The van der Waals surface area contributed by atoms with Gasteiger partial charge in [0.25, 0.3) is 0 Å². The van der Waals surface area contributed by atoms with E-state index in [4.69, 9.17) is 5.11 Å². The predicted octanol–water partition coefficient (Wildman–Crippen LogP) is 1.06. The van der Waals surface area contributed by atoms with Crippen LogP contribution in [0.5, 0.6) is 5.75 Å². The van der Waals surface area contributed by atoms with E-state index >= 15 is 0 Å². The molecule has 0 aliphatic carbocycles. The number of phenols is 1. The van der Waals surface area contributed by atoms with Gasteiger partial charge in [0.2, 0.25) is 0 Å². The first kappa shape index (κ1) is 14.6. The minimum atomic E-state index is -0.640. The number of aliphatic hydroxyl groups excluding tert-OH is 1. The molecule has 1 aromatic rings. The number of phenolic OH excluding ortho intramolecular Hbond substituents is 1. The number of hydrogen-bond donors (Lipinski definition) is 3. The number of benzene rings is 1. The fourth-order valence-corrected chi connectivity index (χ4v) is 2.17. The molecule has 1 aromatic carbocycles. The summed E-state index contributed by atoms with van der Waals surface area (Å²) in [5, 5.41) is 21.9. The molecule has 1 aliphatic heterocycles. The Balaban J connectivity index is 2.06. The average molecular weight is 281 g/mol. The van der Waals surface area contributed by atoms with Gasteiger partial charge in [-0.3, -0.25) is 0 Å². The molecule has 6 heteroatoms. The number of likely N-dealkylation sites (tertiary alicyclic amines) is 1. The maximum atomic E-state index is 13.2. The number of hydrogen-bond acceptors (Lipinski definition) is 3. The van der Waals surface area contributed by atoms with Gasteiger partial charge in [-0.1, -0.05) is 6.07 Å². The Morgan fingerprint density at radius 1 is 1.55 bits per heavy atom. The first-order valence-electron chi connectivity index (χ1n) is 6.79. The smallest absolute Gasteiger partial charge is 0.194 e. The molecule has 0 unspecified atom stereocenters. The van der Waals surface area contributed by atoms with Crippen LogP contribution in [0.3, 0.4) is 0 Å². The number of rotatable bonds is 3. The molecular formula is C14H20FN3O2. The number of aliphatic hydroxyl groups is 1. The van der Waals surface area contributed by atoms with Crippen molar-refractivity contribution in [2.24, 2.45) is 4.99 Å². The molecule has 0 aromatic heterocycles. The fraction of sp³-hybridized carbons (Fsp3) is 0.500. The Bertz CT molecular complexity index is 493. The second-order valence-corrected chi connectivity index (χ2v) is 4.84. The summed E-state index contributed by atoms with van der Waals surface area (Å²) in [7, 11) is 0. The fourth-order valence-electron chi connectivity index (χ4n) is 2.17. The first-order valence-corrected chi connectivity index (χ1v) is 6.79. The zero-order valence-corrected chi connectivity index (χ0v) is 11.5. The van der Waals surface area contributed by atoms with Crippen LogP contribution < -0.4 is 5.32 Å². The number of halogens is 1. The molecule has 0 spiro atoms. The summed E-state index contributed by atoms with van der Waals surface area (Å²) in [6.07, 6.45) is 0.420. The largest absolute Gasteiger partial charge is 0.505 e. The summed E-state index contributed by atoms with van der Waals surface area (Å²) in [5.41, 5.74) is 0.690. The monoisotopic (exact) mass is 281 g/mol. The van der Waals surface area contributed by atoms with Crippen molar-refractivity contribution in [1.82, 2.24) is 10.2 Å². The summed E-state index contributed by atoms with van der Waals surface area (Å²) >= 11 is 0. The molecule has 1 atom stereocenters. The van der Waals surface area contributed by atoms with Gasteiger partial charge >= 0.3 is 0 Å². The highest BCUT2D eigenvalue weighted by Crippen LogP contribution is 2.17. The maximum absolute atomic E-state index is 13.2. The number of β-amino-alcohol motifs (C(OH)–C–C–N with tert-alkyl or cyclic N) is 1. The molecule has 0 radical (unpaired) electrons. The molecule has 1 fully saturated rings. The van der Waals surface area contributed by atoms with Gasteiger partial charge in [-0.05, 0) is 31.0 Å². The molecule has 1 heterocycles. The molecule has 0 bridgehead atoms. The summed E-state index contributed by atoms with van der Waals surface area (Å²) < 4.78 is 13.2. The van der Waals surface area contributed by atoms with Crippen molar-refractivity contribution in [3.63, 3.8) is 0 Å². The van der Waals surface area contributed by atoms with E-state index in [1.807, 2.05) is 11.8 Å². The molecule has 0 saturated carbocycles. The van der Waals surface area contributed by atoms with Crippen LogP contribution in [-0.4, -0.2) is 46.8 Å². The average Bonchev–Trinajstić information content (AvgIpc) is 2.85. The topological polar surface area (TPSA) is 68.1 Å². The predicted molar refractivity (Wildman–Crippen MR) is 75.1 cm³/mol. The second-order valence-electron chi connectivity index (χ2n) is 4.84. The molecule has 5 nitrogen and oxygen atoms in total. The van der Waals surface area contributed by atoms with Crippen molar-refractivity contribution in [1.29, 1.82) is 0 Å². The van der Waals surface area contributed by atoms with Gasteiger partial charge in [-0.15, -0.1) is 0 Å². The quantitative estimate of drug-likeness (QED) is 0.572. The van der Waals surface area contributed by atoms with Crippen LogP contribution in [0.2, 0.25) is 0 Å². The first-order chi connectivity index (χ1) is 9.60. The third kappa shape index (κ3) is 3.60. The van der Waals surface area contributed by atoms with E-state index in [0.717, 1.165) is 25.5 Å². The molecule has 20 heavy (non-hydrogen) atoms. The molecule has 1 aliphatic rings. The lowest BCUT2D eigenvalue weighted by atomic mass is 10.2. The van der Waals surface area contributed by atoms with Crippen molar-refractivity contribution in [3.8, 4) is 5.75 Å². The van der Waals surface area contributed by atoms with Crippen LogP contribution in [0.1, 0.15) is 18.9 Å². The Kier molecular flexibility index (Phi) is 4.79. The summed E-state index contributed by atoms with van der Waals surface area (Å²) in [6, 6.07) is 4.25. The highest BCUT2D eigenvalue weighted by molar-refractivity contribution is 5.80. The van der Waals surface area contributed by atoms with E-state index < -0.39 is 5.82 Å². The summed E-state index contributed by atoms with van der Waals surface area (Å²) in [4.78, 5) is 6.43. The standard InChI is InChI=1S/C14H20FN3O2/c1-2-16-14(18-6-5-11(19)9-18)17-8-10-3-4-13(20)12(15)7-10/h3-4,7,11,19-20H,2,5-6,8-9H2,1H3,(H,16,17)/t11-/m1/s1. The van der Waals surface area contributed by atoms with Crippen LogP contribution in [0, 0.1) is 5.82 Å². The van der Waals surface area contributed by atoms with Crippen molar-refractivity contribution >= 4 is 5.96 Å². The van der Waals surface area contributed by atoms with Crippen molar-refractivity contribution in [2.45, 2.75) is 26.0 Å². The van der Waals surface area contributed by atoms with Crippen LogP contribution in [0.4, 0.5) is 4.39 Å². The lowest BCUT2D eigenvalue weighted by Crippen LogP contribution is -2.40. The zero-order chi connectivity index (χ0) is 14.5. The lowest BCUT2D eigenvalue weighted by Gasteiger charge is -2.20. The van der Waals surface area contributed by atoms with Gasteiger partial charge in [0.15, 0.2) is 17.5 Å². The van der Waals surface area contributed by atoms with Crippen molar-refractivity contribution < 1.29 is 14.6 Å². The zero-order valence-electron chi connectivity index (χ0n) is 11.5. The number of nitrogens with one attached hydrogen (secondary N) is 1. The van der Waals surface area contributed by atoms with Gasteiger partial charge in [-0.25, -0.2) is 9.38 Å². The molecule has 3 N–H and O–H groups in total. The Hall–Kier alpha value is -1.82. The third-order valence-corrected chi connectivity index (χ3v) is 3.22. The SMILES string of the molecule is CCNC(=NCc1ccc(O)c(F)c1)N1CC[C@@H](O)C1. The summed E-state index contributed by atoms with van der Waals surface area (Å²) in [6.45, 7) is 4.36. The number of aliphatic imine (C=N–C) groups is 1. The third-order valence-electron chi connectivity index (χ3n) is 3.22. The molecular weight excluding hydrogens is 261 g/mol. The summed E-state index contributed by atoms with van der Waals surface area (Å²) in [5.74, 6) is -0.274. The van der Waals surface area contributed by atoms with E-state index in [9.17, 15) is 9.50 Å². The highest BCUT2D eigenvalue weighted by Gasteiger charge is 2.22. The van der Waals surface area contributed by atoms with Crippen LogP contribution in [0.15, 0.2) is 23.2 Å². The Morgan fingerprint density at radius 2 is 2.35 bits per heavy atom. The van der Waals surface area contributed by atoms with Crippen molar-refractivity contribution in [3.05, 3.63) is 29.6 Å². The van der Waals surface area contributed by atoms with E-state index in [1.165, 1.54) is 12.1 Å². The van der Waals surface area contributed by atoms with Crippen LogP contribution in [0.25, 0.3) is 0 Å². The lowest BCUT2D eigenvalue weighted by molar-refractivity contribution is 0.188. The van der Waals surface area contributed by atoms with Crippen LogP contribution >= 0.6 is 0 Å². The number of nitrogens with zero attached hydrogens (tertiary/aromatic N) is 2. The second kappa shape index (κ2) is 6.56. The minimum Gasteiger partial charge on any atom is -0.505 e. The Morgan fingerprint density at radius 3 is 2.95 bits per heavy atom. The van der Waals surface area contributed by atoms with E-state index in [-0.39, 0.29) is 11.9 Å². The molecule has 2 rings (SSSR count). The van der Waals surface area contributed by atoms with E-state index in [2.05, 4.69) is 10.3 Å². The van der Waals surface area contributed by atoms with Gasteiger partial charge < -0.3 is 20.4 Å². The van der Waals surface area contributed by atoms with E-state index in [0.29, 0.717) is 18.7 Å². The highest BCUT2D eigenvalue weighted by atomic mass is 19.1. The van der Waals surface area contributed by atoms with Crippen molar-refractivity contribution in [2.75, 3.05) is 19.6 Å². The normalized spacial score (nSPS) is 19.4. The number of aromatic hydroxyl groups is 1. The Labute approximate surface area is 117 Å². The number of guanidine groups is 1. The molecule has 0 amide bonds. The van der Waals surface area contributed by atoms with Gasteiger partial charge in [0, 0.05) is 19.6 Å². The minimum absolute atomic E-state index is 0.315. The van der Waals surface area contributed by atoms with Gasteiger partial charge in [0.1, 0.15) is 0 Å². The van der Waals surface area contributed by atoms with Gasteiger partial charge in [0.05, 0.1) is 12.6 Å².